The zero-order valence-electron chi connectivity index (χ0n) is 9.75. The van der Waals surface area contributed by atoms with Gasteiger partial charge in [0.25, 0.3) is 0 Å². The van der Waals surface area contributed by atoms with Gasteiger partial charge in [-0.3, -0.25) is 0 Å². The van der Waals surface area contributed by atoms with E-state index in [1.807, 2.05) is 0 Å². The number of fused-ring (bicyclic) bond motifs is 2. The van der Waals surface area contributed by atoms with Crippen LogP contribution in [-0.2, 0) is 4.74 Å². The van der Waals surface area contributed by atoms with Gasteiger partial charge in [0.15, 0.2) is 5.82 Å². The molecule has 0 aliphatic carbocycles. The minimum Gasteiger partial charge on any atom is -0.397 e. The van der Waals surface area contributed by atoms with Crippen LogP contribution < -0.4 is 16.8 Å². The van der Waals surface area contributed by atoms with Crippen LogP contribution in [0.3, 0.4) is 0 Å². The molecule has 6 heteroatoms. The fourth-order valence-corrected chi connectivity index (χ4v) is 2.94. The average molecular weight is 272 g/mol. The van der Waals surface area contributed by atoms with Gasteiger partial charge in [-0.05, 0) is 25.3 Å². The molecule has 4 nitrogen and oxygen atoms in total. The Balaban J connectivity index is 1.87. The molecule has 18 heavy (non-hydrogen) atoms. The summed E-state index contributed by atoms with van der Waals surface area (Å²) in [5.74, 6) is -0.586. The summed E-state index contributed by atoms with van der Waals surface area (Å²) in [5, 5.41) is 3.02. The summed E-state index contributed by atoms with van der Waals surface area (Å²) in [6.45, 7) is 0. The normalized spacial score (nSPS) is 29.8. The van der Waals surface area contributed by atoms with Crippen molar-refractivity contribution in [3.63, 3.8) is 0 Å². The molecule has 98 valence electrons. The van der Waals surface area contributed by atoms with E-state index in [2.05, 4.69) is 5.32 Å². The Bertz CT molecular complexity index is 497. The molecule has 5 N–H and O–H groups in total. The third-order valence-electron chi connectivity index (χ3n) is 3.70. The lowest BCUT2D eigenvalue weighted by atomic mass is 9.95. The molecule has 0 spiro atoms. The van der Waals surface area contributed by atoms with Gasteiger partial charge in [0.2, 0.25) is 0 Å². The second-order valence-corrected chi connectivity index (χ2v) is 5.30. The van der Waals surface area contributed by atoms with Crippen molar-refractivity contribution in [3.8, 4) is 0 Å². The molecule has 1 aromatic carbocycles. The summed E-state index contributed by atoms with van der Waals surface area (Å²) >= 11 is 5.79. The van der Waals surface area contributed by atoms with Gasteiger partial charge in [0, 0.05) is 0 Å². The quantitative estimate of drug-likeness (QED) is 0.722. The molecule has 0 aromatic heterocycles. The number of rotatable bonds is 2. The maximum atomic E-state index is 14.0. The molecule has 0 saturated carbocycles. The van der Waals surface area contributed by atoms with E-state index in [1.54, 1.807) is 0 Å². The lowest BCUT2D eigenvalue weighted by Crippen LogP contribution is -2.31. The highest BCUT2D eigenvalue weighted by atomic mass is 35.5. The third-order valence-corrected chi connectivity index (χ3v) is 4.09. The molecule has 2 aliphatic rings. The van der Waals surface area contributed by atoms with Gasteiger partial charge >= 0.3 is 0 Å². The molecule has 2 aliphatic heterocycles. The number of nitrogens with one attached hydrogen (secondary N) is 1. The first kappa shape index (κ1) is 11.9. The van der Waals surface area contributed by atoms with E-state index in [-0.39, 0.29) is 34.2 Å². The molecule has 0 radical (unpaired) electrons. The van der Waals surface area contributed by atoms with Crippen LogP contribution in [0.5, 0.6) is 0 Å². The fourth-order valence-electron chi connectivity index (χ4n) is 2.79. The molecule has 2 heterocycles. The van der Waals surface area contributed by atoms with Crippen molar-refractivity contribution in [2.45, 2.75) is 37.5 Å². The number of halogens is 2. The first-order chi connectivity index (χ1) is 8.56. The third kappa shape index (κ3) is 1.78. The Morgan fingerprint density at radius 3 is 2.72 bits per heavy atom. The summed E-state index contributed by atoms with van der Waals surface area (Å²) in [7, 11) is 0. The Hall–Kier alpha value is -1.20. The Kier molecular flexibility index (Phi) is 2.75. The lowest BCUT2D eigenvalue weighted by molar-refractivity contribution is 0.102. The van der Waals surface area contributed by atoms with E-state index in [0.29, 0.717) is 6.10 Å². The molecule has 2 bridgehead atoms. The largest absolute Gasteiger partial charge is 0.397 e. The van der Waals surface area contributed by atoms with Crippen molar-refractivity contribution in [2.24, 2.45) is 0 Å². The van der Waals surface area contributed by atoms with E-state index >= 15 is 0 Å². The second-order valence-electron chi connectivity index (χ2n) is 4.92. The van der Waals surface area contributed by atoms with E-state index in [9.17, 15) is 4.39 Å². The summed E-state index contributed by atoms with van der Waals surface area (Å²) in [6.07, 6.45) is 3.41. The molecule has 3 unspecified atom stereocenters. The molecule has 3 rings (SSSR count). The van der Waals surface area contributed by atoms with Gasteiger partial charge in [-0.25, -0.2) is 4.39 Å². The van der Waals surface area contributed by atoms with Crippen LogP contribution in [0.2, 0.25) is 5.02 Å². The predicted molar refractivity (Wildman–Crippen MR) is 70.2 cm³/mol. The van der Waals surface area contributed by atoms with E-state index in [0.717, 1.165) is 19.3 Å². The first-order valence-electron chi connectivity index (χ1n) is 6.01. The Morgan fingerprint density at radius 1 is 1.33 bits per heavy atom. The van der Waals surface area contributed by atoms with Gasteiger partial charge in [-0.2, -0.15) is 0 Å². The predicted octanol–water partition coefficient (Wildman–Crippen LogP) is 2.38. The van der Waals surface area contributed by atoms with Gasteiger partial charge in [0.1, 0.15) is 5.02 Å². The summed E-state index contributed by atoms with van der Waals surface area (Å²) in [6, 6.07) is 1.57. The number of nitrogens with two attached hydrogens (primary N) is 2. The molecule has 2 fully saturated rings. The van der Waals surface area contributed by atoms with Crippen LogP contribution in [0, 0.1) is 5.82 Å². The molecule has 3 atom stereocenters. The van der Waals surface area contributed by atoms with Crippen LogP contribution in [0.4, 0.5) is 21.5 Å². The summed E-state index contributed by atoms with van der Waals surface area (Å²) < 4.78 is 19.7. The highest BCUT2D eigenvalue weighted by Gasteiger charge is 2.41. The standard InChI is InChI=1S/C12H15ClFN3O/c13-10-6(15)4-7(16)12(11(10)14)17-8-3-5-1-2-9(8)18-5/h4-5,8-9,17H,1-3,15-16H2. The molecular weight excluding hydrogens is 257 g/mol. The van der Waals surface area contributed by atoms with Crippen molar-refractivity contribution in [1.82, 2.24) is 0 Å². The van der Waals surface area contributed by atoms with Crippen molar-refractivity contribution in [2.75, 3.05) is 16.8 Å². The van der Waals surface area contributed by atoms with Crippen molar-refractivity contribution < 1.29 is 9.13 Å². The second kappa shape index (κ2) is 4.17. The average Bonchev–Trinajstić information content (AvgIpc) is 2.94. The van der Waals surface area contributed by atoms with Crippen molar-refractivity contribution >= 4 is 28.7 Å². The van der Waals surface area contributed by atoms with Gasteiger partial charge in [-0.1, -0.05) is 11.6 Å². The van der Waals surface area contributed by atoms with Crippen molar-refractivity contribution in [3.05, 3.63) is 16.9 Å². The van der Waals surface area contributed by atoms with Crippen LogP contribution in [0.1, 0.15) is 19.3 Å². The number of hydrogen-bond acceptors (Lipinski definition) is 4. The fraction of sp³-hybridized carbons (Fsp3) is 0.500. The topological polar surface area (TPSA) is 73.3 Å². The van der Waals surface area contributed by atoms with Gasteiger partial charge in [0.05, 0.1) is 35.3 Å². The van der Waals surface area contributed by atoms with Crippen LogP contribution in [-0.4, -0.2) is 18.2 Å². The first-order valence-corrected chi connectivity index (χ1v) is 6.39. The zero-order chi connectivity index (χ0) is 12.9. The van der Waals surface area contributed by atoms with E-state index in [1.165, 1.54) is 6.07 Å². The monoisotopic (exact) mass is 271 g/mol. The van der Waals surface area contributed by atoms with Crippen molar-refractivity contribution in [1.29, 1.82) is 0 Å². The Labute approximate surface area is 109 Å². The number of ether oxygens (including phenoxy) is 1. The highest BCUT2D eigenvalue weighted by Crippen LogP contribution is 2.39. The smallest absolute Gasteiger partial charge is 0.169 e. The molecule has 2 saturated heterocycles. The molecule has 1 aromatic rings. The van der Waals surface area contributed by atoms with Crippen LogP contribution in [0.25, 0.3) is 0 Å². The number of nitrogen functional groups attached to an aromatic ring is 2. The highest BCUT2D eigenvalue weighted by molar-refractivity contribution is 6.33. The van der Waals surface area contributed by atoms with Crippen LogP contribution in [0.15, 0.2) is 6.07 Å². The SMILES string of the molecule is Nc1cc(N)c(NC2CC3CCC2O3)c(F)c1Cl. The minimum absolute atomic E-state index is 0.0872. The van der Waals surface area contributed by atoms with Gasteiger partial charge < -0.3 is 21.5 Å². The van der Waals surface area contributed by atoms with Crippen LogP contribution >= 0.6 is 11.6 Å². The lowest BCUT2D eigenvalue weighted by Gasteiger charge is -2.23. The Morgan fingerprint density at radius 2 is 2.11 bits per heavy atom. The molecule has 0 amide bonds. The minimum atomic E-state index is -0.586. The zero-order valence-corrected chi connectivity index (χ0v) is 10.5. The molecular formula is C12H15ClFN3O. The number of hydrogen-bond donors (Lipinski definition) is 3. The number of benzene rings is 1. The van der Waals surface area contributed by atoms with E-state index in [4.69, 9.17) is 27.8 Å². The number of anilines is 3. The maximum Gasteiger partial charge on any atom is 0.169 e. The maximum absolute atomic E-state index is 14.0. The summed E-state index contributed by atoms with van der Waals surface area (Å²) in [5.41, 5.74) is 12.0. The van der Waals surface area contributed by atoms with Gasteiger partial charge in [-0.15, -0.1) is 0 Å². The summed E-state index contributed by atoms with van der Waals surface area (Å²) in [4.78, 5) is 0. The van der Waals surface area contributed by atoms with E-state index < -0.39 is 5.82 Å².